The van der Waals surface area contributed by atoms with Crippen LogP contribution in [0.1, 0.15) is 5.56 Å². The van der Waals surface area contributed by atoms with Crippen LogP contribution < -0.4 is 0 Å². The third kappa shape index (κ3) is 4.18. The van der Waals surface area contributed by atoms with E-state index < -0.39 is 0 Å². The first-order valence-corrected chi connectivity index (χ1v) is 5.33. The predicted octanol–water partition coefficient (Wildman–Crippen LogP) is 3.34. The quantitative estimate of drug-likeness (QED) is 0.601. The molecule has 0 heterocycles. The van der Waals surface area contributed by atoms with Crippen molar-refractivity contribution in [2.24, 2.45) is 0 Å². The molecule has 0 saturated carbocycles. The Bertz CT molecular complexity index is 295. The highest BCUT2D eigenvalue weighted by atomic mass is 35.5. The molecule has 0 aliphatic heterocycles. The molecule has 3 heteroatoms. The molecule has 76 valence electrons. The molecule has 0 N–H and O–H groups in total. The topological polar surface area (TPSA) is 9.23 Å². The van der Waals surface area contributed by atoms with Crippen LogP contribution in [0.4, 0.5) is 0 Å². The molecule has 14 heavy (non-hydrogen) atoms. The van der Waals surface area contributed by atoms with Crippen molar-refractivity contribution >= 4 is 24.2 Å². The largest absolute Gasteiger partial charge is 0.372 e. The van der Waals surface area contributed by atoms with Crippen molar-refractivity contribution in [1.82, 2.24) is 0 Å². The molecule has 0 bridgehead atoms. The Morgan fingerprint density at radius 1 is 1.36 bits per heavy atom. The van der Waals surface area contributed by atoms with Crippen molar-refractivity contribution in [3.8, 4) is 0 Å². The summed E-state index contributed by atoms with van der Waals surface area (Å²) in [6.07, 6.45) is 0. The van der Waals surface area contributed by atoms with E-state index in [1.165, 1.54) is 0 Å². The molecule has 0 spiro atoms. The first kappa shape index (κ1) is 11.6. The monoisotopic (exact) mass is 228 g/mol. The van der Waals surface area contributed by atoms with E-state index in [0.29, 0.717) is 19.0 Å². The summed E-state index contributed by atoms with van der Waals surface area (Å²) in [5.74, 6) is 0.667. The maximum atomic E-state index is 5.75. The maximum absolute atomic E-state index is 5.75. The number of hydrogen-bond donors (Lipinski definition) is 1. The molecule has 0 unspecified atom stereocenters. The van der Waals surface area contributed by atoms with Gasteiger partial charge < -0.3 is 4.74 Å². The molecular weight excluding hydrogens is 216 g/mol. The van der Waals surface area contributed by atoms with E-state index >= 15 is 0 Å². The fourth-order valence-electron chi connectivity index (χ4n) is 0.939. The standard InChI is InChI=1S/C11H13ClOS/c1-9(8-14)6-13-7-10-2-4-11(12)5-3-10/h2-5,14H,1,6-8H2. The van der Waals surface area contributed by atoms with E-state index in [2.05, 4.69) is 19.2 Å². The van der Waals surface area contributed by atoms with Gasteiger partial charge in [-0.25, -0.2) is 0 Å². The van der Waals surface area contributed by atoms with Crippen LogP contribution in [0.5, 0.6) is 0 Å². The van der Waals surface area contributed by atoms with Gasteiger partial charge in [-0.1, -0.05) is 30.3 Å². The van der Waals surface area contributed by atoms with Crippen LogP contribution in [-0.4, -0.2) is 12.4 Å². The van der Waals surface area contributed by atoms with Crippen molar-refractivity contribution in [1.29, 1.82) is 0 Å². The smallest absolute Gasteiger partial charge is 0.0721 e. The van der Waals surface area contributed by atoms with E-state index in [0.717, 1.165) is 16.2 Å². The number of ether oxygens (including phenoxy) is 1. The van der Waals surface area contributed by atoms with Gasteiger partial charge in [0.15, 0.2) is 0 Å². The van der Waals surface area contributed by atoms with Gasteiger partial charge in [0.05, 0.1) is 13.2 Å². The average molecular weight is 229 g/mol. The van der Waals surface area contributed by atoms with Crippen LogP contribution in [0.3, 0.4) is 0 Å². The molecule has 0 aromatic heterocycles. The summed E-state index contributed by atoms with van der Waals surface area (Å²) in [5.41, 5.74) is 2.10. The third-order valence-electron chi connectivity index (χ3n) is 1.71. The Labute approximate surface area is 95.1 Å². The van der Waals surface area contributed by atoms with Gasteiger partial charge >= 0.3 is 0 Å². The van der Waals surface area contributed by atoms with Gasteiger partial charge in [-0.3, -0.25) is 0 Å². The lowest BCUT2D eigenvalue weighted by Gasteiger charge is -2.04. The van der Waals surface area contributed by atoms with Crippen molar-refractivity contribution in [2.45, 2.75) is 6.61 Å². The zero-order valence-electron chi connectivity index (χ0n) is 7.87. The predicted molar refractivity (Wildman–Crippen MR) is 64.1 cm³/mol. The fourth-order valence-corrected chi connectivity index (χ4v) is 1.16. The molecule has 0 aliphatic carbocycles. The lowest BCUT2D eigenvalue weighted by Crippen LogP contribution is -1.98. The normalized spacial score (nSPS) is 10.1. The summed E-state index contributed by atoms with van der Waals surface area (Å²) >= 11 is 9.85. The molecule has 1 aromatic carbocycles. The van der Waals surface area contributed by atoms with Crippen molar-refractivity contribution < 1.29 is 4.74 Å². The molecule has 0 radical (unpaired) electrons. The van der Waals surface area contributed by atoms with Crippen LogP contribution in [-0.2, 0) is 11.3 Å². The molecule has 0 aliphatic rings. The van der Waals surface area contributed by atoms with E-state index in [1.807, 2.05) is 24.3 Å². The number of halogens is 1. The van der Waals surface area contributed by atoms with Crippen LogP contribution in [0.15, 0.2) is 36.4 Å². The summed E-state index contributed by atoms with van der Waals surface area (Å²) in [7, 11) is 0. The highest BCUT2D eigenvalue weighted by Gasteiger charge is 1.95. The summed E-state index contributed by atoms with van der Waals surface area (Å²) < 4.78 is 5.42. The van der Waals surface area contributed by atoms with Gasteiger partial charge in [-0.15, -0.1) is 0 Å². The van der Waals surface area contributed by atoms with E-state index in [-0.39, 0.29) is 0 Å². The van der Waals surface area contributed by atoms with Crippen molar-refractivity contribution in [3.05, 3.63) is 47.0 Å². The zero-order valence-corrected chi connectivity index (χ0v) is 9.52. The van der Waals surface area contributed by atoms with E-state index in [4.69, 9.17) is 16.3 Å². The Hall–Kier alpha value is -0.440. The van der Waals surface area contributed by atoms with Crippen LogP contribution in [0, 0.1) is 0 Å². The first-order valence-electron chi connectivity index (χ1n) is 4.32. The first-order chi connectivity index (χ1) is 6.72. The van der Waals surface area contributed by atoms with Gasteiger partial charge in [0.25, 0.3) is 0 Å². The second-order valence-corrected chi connectivity index (χ2v) is 3.78. The van der Waals surface area contributed by atoms with Gasteiger partial charge in [-0.2, -0.15) is 12.6 Å². The van der Waals surface area contributed by atoms with Crippen molar-refractivity contribution in [2.75, 3.05) is 12.4 Å². The van der Waals surface area contributed by atoms with Crippen LogP contribution in [0.25, 0.3) is 0 Å². The average Bonchev–Trinajstić information content (AvgIpc) is 2.21. The second kappa shape index (κ2) is 6.12. The van der Waals surface area contributed by atoms with Crippen molar-refractivity contribution in [3.63, 3.8) is 0 Å². The Morgan fingerprint density at radius 3 is 2.57 bits per heavy atom. The Balaban J connectivity index is 2.31. The minimum atomic E-state index is 0.562. The summed E-state index contributed by atoms with van der Waals surface area (Å²) in [6.45, 7) is 4.94. The highest BCUT2D eigenvalue weighted by Crippen LogP contribution is 2.10. The van der Waals surface area contributed by atoms with Gasteiger partial charge in [0.2, 0.25) is 0 Å². The van der Waals surface area contributed by atoms with Gasteiger partial charge in [0.1, 0.15) is 0 Å². The number of thiol groups is 1. The zero-order chi connectivity index (χ0) is 10.4. The molecule has 0 saturated heterocycles. The second-order valence-electron chi connectivity index (χ2n) is 3.03. The summed E-state index contributed by atoms with van der Waals surface area (Å²) in [5, 5.41) is 0.744. The molecule has 0 atom stereocenters. The lowest BCUT2D eigenvalue weighted by atomic mass is 10.2. The molecule has 1 nitrogen and oxygen atoms in total. The van der Waals surface area contributed by atoms with E-state index in [1.54, 1.807) is 0 Å². The van der Waals surface area contributed by atoms with Crippen LogP contribution in [0.2, 0.25) is 5.02 Å². The molecular formula is C11H13ClOS. The Morgan fingerprint density at radius 2 is 2.00 bits per heavy atom. The number of hydrogen-bond acceptors (Lipinski definition) is 2. The van der Waals surface area contributed by atoms with E-state index in [9.17, 15) is 0 Å². The Kier molecular flexibility index (Phi) is 5.09. The lowest BCUT2D eigenvalue weighted by molar-refractivity contribution is 0.143. The SMILES string of the molecule is C=C(CS)COCc1ccc(Cl)cc1. The third-order valence-corrected chi connectivity index (χ3v) is 2.41. The summed E-state index contributed by atoms with van der Waals surface area (Å²) in [4.78, 5) is 0. The van der Waals surface area contributed by atoms with Gasteiger partial charge in [0, 0.05) is 10.8 Å². The summed E-state index contributed by atoms with van der Waals surface area (Å²) in [6, 6.07) is 7.61. The number of rotatable bonds is 5. The van der Waals surface area contributed by atoms with Crippen LogP contribution >= 0.6 is 24.2 Å². The highest BCUT2D eigenvalue weighted by molar-refractivity contribution is 7.80. The fraction of sp³-hybridized carbons (Fsp3) is 0.273. The molecule has 1 rings (SSSR count). The molecule has 0 amide bonds. The minimum Gasteiger partial charge on any atom is -0.372 e. The number of benzene rings is 1. The molecule has 1 aromatic rings. The maximum Gasteiger partial charge on any atom is 0.0721 e. The van der Waals surface area contributed by atoms with Gasteiger partial charge in [-0.05, 0) is 23.3 Å². The minimum absolute atomic E-state index is 0.562. The molecule has 0 fully saturated rings.